The van der Waals surface area contributed by atoms with Gasteiger partial charge in [-0.2, -0.15) is 5.26 Å². The van der Waals surface area contributed by atoms with Crippen LogP contribution in [0.15, 0.2) is 24.3 Å². The van der Waals surface area contributed by atoms with Crippen LogP contribution in [-0.2, 0) is 9.59 Å². The first-order valence-electron chi connectivity index (χ1n) is 7.28. The number of halogens is 1. The van der Waals surface area contributed by atoms with Gasteiger partial charge in [0.05, 0.1) is 18.4 Å². The average Bonchev–Trinajstić information content (AvgIpc) is 2.90. The summed E-state index contributed by atoms with van der Waals surface area (Å²) in [5.41, 5.74) is 0.716. The average molecular weight is 320 g/mol. The molecule has 0 bridgehead atoms. The molecule has 0 radical (unpaired) electrons. The highest BCUT2D eigenvalue weighted by atomic mass is 35.5. The summed E-state index contributed by atoms with van der Waals surface area (Å²) >= 11 is 5.96. The maximum absolute atomic E-state index is 12.5. The van der Waals surface area contributed by atoms with Gasteiger partial charge in [-0.1, -0.05) is 17.7 Å². The van der Waals surface area contributed by atoms with Crippen molar-refractivity contribution in [1.29, 1.82) is 5.26 Å². The van der Waals surface area contributed by atoms with E-state index in [1.165, 1.54) is 0 Å². The van der Waals surface area contributed by atoms with Crippen molar-refractivity contribution in [3.05, 3.63) is 29.3 Å². The van der Waals surface area contributed by atoms with Crippen molar-refractivity contribution in [2.45, 2.75) is 19.8 Å². The molecule has 2 amide bonds. The molecule has 6 heteroatoms. The van der Waals surface area contributed by atoms with E-state index in [1.54, 1.807) is 28.0 Å². The lowest BCUT2D eigenvalue weighted by Gasteiger charge is -2.23. The Kier molecular flexibility index (Phi) is 5.40. The van der Waals surface area contributed by atoms with E-state index >= 15 is 0 Å². The first kappa shape index (κ1) is 16.3. The monoisotopic (exact) mass is 319 g/mol. The SMILES string of the molecule is CCN(CCC#N)C(=O)[C@@H]1CC(=O)N(c2cccc(Cl)c2)C1. The molecule has 1 heterocycles. The van der Waals surface area contributed by atoms with Gasteiger partial charge in [0.15, 0.2) is 0 Å². The summed E-state index contributed by atoms with van der Waals surface area (Å²) in [6, 6.07) is 9.10. The second-order valence-corrected chi connectivity index (χ2v) is 5.65. The van der Waals surface area contributed by atoms with E-state index in [-0.39, 0.29) is 24.2 Å². The molecular weight excluding hydrogens is 302 g/mol. The number of rotatable bonds is 5. The maximum Gasteiger partial charge on any atom is 0.228 e. The zero-order valence-corrected chi connectivity index (χ0v) is 13.2. The molecule has 0 aliphatic carbocycles. The quantitative estimate of drug-likeness (QED) is 0.837. The van der Waals surface area contributed by atoms with Crippen molar-refractivity contribution in [3.63, 3.8) is 0 Å². The van der Waals surface area contributed by atoms with Crippen LogP contribution in [0.5, 0.6) is 0 Å². The first-order chi connectivity index (χ1) is 10.6. The van der Waals surface area contributed by atoms with Crippen molar-refractivity contribution >= 4 is 29.1 Å². The number of amides is 2. The summed E-state index contributed by atoms with van der Waals surface area (Å²) in [6.45, 7) is 3.19. The topological polar surface area (TPSA) is 64.4 Å². The van der Waals surface area contributed by atoms with Crippen molar-refractivity contribution < 1.29 is 9.59 Å². The van der Waals surface area contributed by atoms with Gasteiger partial charge in [-0.3, -0.25) is 9.59 Å². The largest absolute Gasteiger partial charge is 0.342 e. The van der Waals surface area contributed by atoms with Crippen LogP contribution in [-0.4, -0.2) is 36.3 Å². The van der Waals surface area contributed by atoms with Crippen LogP contribution in [0.1, 0.15) is 19.8 Å². The summed E-state index contributed by atoms with van der Waals surface area (Å²) in [6.07, 6.45) is 0.507. The third-order valence-electron chi connectivity index (χ3n) is 3.78. The maximum atomic E-state index is 12.5. The van der Waals surface area contributed by atoms with E-state index in [2.05, 4.69) is 0 Å². The first-order valence-corrected chi connectivity index (χ1v) is 7.66. The predicted molar refractivity (Wildman–Crippen MR) is 84.4 cm³/mol. The number of nitrogens with zero attached hydrogens (tertiary/aromatic N) is 3. The molecule has 5 nitrogen and oxygen atoms in total. The minimum absolute atomic E-state index is 0.0596. The number of carbonyl (C=O) groups excluding carboxylic acids is 2. The molecule has 1 fully saturated rings. The highest BCUT2D eigenvalue weighted by molar-refractivity contribution is 6.30. The van der Waals surface area contributed by atoms with Gasteiger partial charge in [-0.05, 0) is 25.1 Å². The Balaban J connectivity index is 2.08. The summed E-state index contributed by atoms with van der Waals surface area (Å²) in [4.78, 5) is 27.9. The van der Waals surface area contributed by atoms with Crippen molar-refractivity contribution in [2.24, 2.45) is 5.92 Å². The Labute approximate surface area is 135 Å². The molecular formula is C16H18ClN3O2. The third-order valence-corrected chi connectivity index (χ3v) is 4.02. The van der Waals surface area contributed by atoms with Crippen LogP contribution >= 0.6 is 11.6 Å². The fraction of sp³-hybridized carbons (Fsp3) is 0.438. The lowest BCUT2D eigenvalue weighted by molar-refractivity contribution is -0.135. The van der Waals surface area contributed by atoms with Crippen LogP contribution in [0, 0.1) is 17.2 Å². The van der Waals surface area contributed by atoms with Gasteiger partial charge in [-0.15, -0.1) is 0 Å². The van der Waals surface area contributed by atoms with E-state index in [0.717, 1.165) is 0 Å². The Morgan fingerprint density at radius 3 is 2.95 bits per heavy atom. The van der Waals surface area contributed by atoms with E-state index in [0.29, 0.717) is 36.8 Å². The Morgan fingerprint density at radius 2 is 2.32 bits per heavy atom. The van der Waals surface area contributed by atoms with Crippen LogP contribution in [0.4, 0.5) is 5.69 Å². The summed E-state index contributed by atoms with van der Waals surface area (Å²) < 4.78 is 0. The van der Waals surface area contributed by atoms with Crippen LogP contribution in [0.2, 0.25) is 5.02 Å². The molecule has 116 valence electrons. The van der Waals surface area contributed by atoms with Gasteiger partial charge in [-0.25, -0.2) is 0 Å². The van der Waals surface area contributed by atoms with E-state index in [9.17, 15) is 9.59 Å². The Bertz CT molecular complexity index is 612. The van der Waals surface area contributed by atoms with E-state index in [1.807, 2.05) is 19.1 Å². The molecule has 1 atom stereocenters. The van der Waals surface area contributed by atoms with Crippen molar-refractivity contribution in [3.8, 4) is 6.07 Å². The molecule has 1 aromatic rings. The zero-order valence-electron chi connectivity index (χ0n) is 12.5. The summed E-state index contributed by atoms with van der Waals surface area (Å²) in [7, 11) is 0. The minimum Gasteiger partial charge on any atom is -0.342 e. The molecule has 1 aliphatic rings. The van der Waals surface area contributed by atoms with Gasteiger partial charge >= 0.3 is 0 Å². The van der Waals surface area contributed by atoms with Crippen LogP contribution in [0.3, 0.4) is 0 Å². The molecule has 0 spiro atoms. The smallest absolute Gasteiger partial charge is 0.228 e. The number of anilines is 1. The molecule has 22 heavy (non-hydrogen) atoms. The molecule has 2 rings (SSSR count). The summed E-state index contributed by atoms with van der Waals surface area (Å²) in [5.74, 6) is -0.488. The predicted octanol–water partition coefficient (Wildman–Crippen LogP) is 2.46. The lowest BCUT2D eigenvalue weighted by atomic mass is 10.1. The molecule has 1 aromatic carbocycles. The van der Waals surface area contributed by atoms with E-state index in [4.69, 9.17) is 16.9 Å². The highest BCUT2D eigenvalue weighted by Gasteiger charge is 2.36. The Morgan fingerprint density at radius 1 is 1.55 bits per heavy atom. The van der Waals surface area contributed by atoms with Gasteiger partial charge in [0.25, 0.3) is 0 Å². The van der Waals surface area contributed by atoms with Crippen molar-refractivity contribution in [1.82, 2.24) is 4.90 Å². The minimum atomic E-state index is -0.356. The van der Waals surface area contributed by atoms with Gasteiger partial charge < -0.3 is 9.80 Å². The van der Waals surface area contributed by atoms with Gasteiger partial charge in [0, 0.05) is 36.8 Å². The number of benzene rings is 1. The lowest BCUT2D eigenvalue weighted by Crippen LogP contribution is -2.38. The fourth-order valence-electron chi connectivity index (χ4n) is 2.63. The normalized spacial score (nSPS) is 17.4. The number of hydrogen-bond donors (Lipinski definition) is 0. The van der Waals surface area contributed by atoms with E-state index < -0.39 is 0 Å². The van der Waals surface area contributed by atoms with Gasteiger partial charge in [0.2, 0.25) is 11.8 Å². The molecule has 1 aliphatic heterocycles. The Hall–Kier alpha value is -2.06. The molecule has 0 aromatic heterocycles. The third kappa shape index (κ3) is 3.58. The second kappa shape index (κ2) is 7.28. The molecule has 0 N–H and O–H groups in total. The standard InChI is InChI=1S/C16H18ClN3O2/c1-2-19(8-4-7-18)16(22)12-9-15(21)20(11-12)14-6-3-5-13(17)10-14/h3,5-6,10,12H,2,4,8-9,11H2,1H3/t12-/m1/s1. The number of hydrogen-bond acceptors (Lipinski definition) is 3. The van der Waals surface area contributed by atoms with Gasteiger partial charge in [0.1, 0.15) is 0 Å². The highest BCUT2D eigenvalue weighted by Crippen LogP contribution is 2.28. The van der Waals surface area contributed by atoms with Crippen LogP contribution < -0.4 is 4.90 Å². The number of nitriles is 1. The summed E-state index contributed by atoms with van der Waals surface area (Å²) in [5, 5.41) is 9.21. The van der Waals surface area contributed by atoms with Crippen molar-refractivity contribution in [2.75, 3.05) is 24.5 Å². The number of carbonyl (C=O) groups is 2. The molecule has 0 saturated carbocycles. The zero-order chi connectivity index (χ0) is 16.1. The molecule has 1 saturated heterocycles. The molecule has 0 unspecified atom stereocenters. The second-order valence-electron chi connectivity index (χ2n) is 5.21. The fourth-order valence-corrected chi connectivity index (χ4v) is 2.82. The van der Waals surface area contributed by atoms with Crippen LogP contribution in [0.25, 0.3) is 0 Å².